The molecule has 1 N–H and O–H groups in total. The highest BCUT2D eigenvalue weighted by Crippen LogP contribution is 2.54. The van der Waals surface area contributed by atoms with Gasteiger partial charge in [-0.3, -0.25) is 4.79 Å². The highest BCUT2D eigenvalue weighted by atomic mass is 35.5. The number of carboxylic acids is 1. The monoisotopic (exact) mass is 282 g/mol. The van der Waals surface area contributed by atoms with Gasteiger partial charge < -0.3 is 9.84 Å². The predicted octanol–water partition coefficient (Wildman–Crippen LogP) is 3.98. The second-order valence-corrected chi connectivity index (χ2v) is 5.99. The number of aliphatic carboxylic acids is 1. The molecule has 3 nitrogen and oxygen atoms in total. The predicted molar refractivity (Wildman–Crippen MR) is 75.3 cm³/mol. The van der Waals surface area contributed by atoms with E-state index in [1.54, 1.807) is 7.11 Å². The van der Waals surface area contributed by atoms with Gasteiger partial charge in [0.1, 0.15) is 5.75 Å². The van der Waals surface area contributed by atoms with Gasteiger partial charge in [0.05, 0.1) is 18.6 Å². The van der Waals surface area contributed by atoms with Crippen molar-refractivity contribution in [2.24, 2.45) is 0 Å². The van der Waals surface area contributed by atoms with Crippen molar-refractivity contribution in [3.8, 4) is 5.75 Å². The van der Waals surface area contributed by atoms with Crippen molar-refractivity contribution in [1.82, 2.24) is 0 Å². The van der Waals surface area contributed by atoms with Crippen LogP contribution in [0.25, 0.3) is 0 Å². The molecule has 1 fully saturated rings. The van der Waals surface area contributed by atoms with Crippen LogP contribution in [0, 0.1) is 0 Å². The van der Waals surface area contributed by atoms with Gasteiger partial charge in [0.2, 0.25) is 0 Å². The zero-order valence-electron chi connectivity index (χ0n) is 11.5. The van der Waals surface area contributed by atoms with Gasteiger partial charge in [-0.15, -0.1) is 0 Å². The van der Waals surface area contributed by atoms with E-state index in [0.717, 1.165) is 24.0 Å². The Labute approximate surface area is 118 Å². The van der Waals surface area contributed by atoms with Crippen molar-refractivity contribution < 1.29 is 14.6 Å². The number of methoxy groups -OCH3 is 1. The van der Waals surface area contributed by atoms with Gasteiger partial charge in [-0.25, -0.2) is 0 Å². The van der Waals surface area contributed by atoms with Crippen LogP contribution in [0.2, 0.25) is 5.02 Å². The average molecular weight is 283 g/mol. The van der Waals surface area contributed by atoms with Crippen molar-refractivity contribution in [2.45, 2.75) is 44.4 Å². The summed E-state index contributed by atoms with van der Waals surface area (Å²) in [5.41, 5.74) is 2.00. The molecule has 1 saturated carbocycles. The molecule has 0 heterocycles. The smallest absolute Gasteiger partial charge is 0.304 e. The average Bonchev–Trinajstić information content (AvgIpc) is 3.08. The molecule has 19 heavy (non-hydrogen) atoms. The number of carboxylic acid groups (broad SMARTS) is 1. The zero-order valence-corrected chi connectivity index (χ0v) is 12.3. The molecule has 1 aromatic carbocycles. The number of rotatable bonds is 5. The van der Waals surface area contributed by atoms with Crippen LogP contribution < -0.4 is 4.74 Å². The summed E-state index contributed by atoms with van der Waals surface area (Å²) in [7, 11) is 1.59. The standard InChI is InChI=1S/C15H19ClO3/c1-9(2)10-6-13(19-3)12(16)7-11(10)15(4-5-15)8-14(17)18/h6-7,9H,4-5,8H2,1-3H3,(H,17,18). The number of hydrogen-bond acceptors (Lipinski definition) is 2. The lowest BCUT2D eigenvalue weighted by Gasteiger charge is -2.22. The lowest BCUT2D eigenvalue weighted by molar-refractivity contribution is -0.137. The molecule has 0 unspecified atom stereocenters. The van der Waals surface area contributed by atoms with Gasteiger partial charge in [-0.05, 0) is 42.0 Å². The van der Waals surface area contributed by atoms with Crippen molar-refractivity contribution in [1.29, 1.82) is 0 Å². The van der Waals surface area contributed by atoms with Gasteiger partial charge in [0.25, 0.3) is 0 Å². The van der Waals surface area contributed by atoms with Gasteiger partial charge in [0, 0.05) is 5.41 Å². The summed E-state index contributed by atoms with van der Waals surface area (Å²) < 4.78 is 5.26. The molecule has 0 saturated heterocycles. The molecule has 1 aliphatic rings. The summed E-state index contributed by atoms with van der Waals surface area (Å²) in [6.07, 6.45) is 2.01. The molecule has 0 radical (unpaired) electrons. The number of benzene rings is 1. The number of ether oxygens (including phenoxy) is 1. The minimum absolute atomic E-state index is 0.176. The highest BCUT2D eigenvalue weighted by molar-refractivity contribution is 6.32. The van der Waals surface area contributed by atoms with E-state index in [1.165, 1.54) is 0 Å². The Balaban J connectivity index is 2.50. The summed E-state index contributed by atoms with van der Waals surface area (Å²) in [6.45, 7) is 4.20. The van der Waals surface area contributed by atoms with E-state index < -0.39 is 5.97 Å². The molecule has 2 rings (SSSR count). The first-order valence-electron chi connectivity index (χ1n) is 6.49. The Morgan fingerprint density at radius 2 is 2.11 bits per heavy atom. The first-order chi connectivity index (χ1) is 8.89. The molecule has 0 bridgehead atoms. The Morgan fingerprint density at radius 3 is 2.53 bits per heavy atom. The van der Waals surface area contributed by atoms with Gasteiger partial charge >= 0.3 is 5.97 Å². The fourth-order valence-corrected chi connectivity index (χ4v) is 2.89. The van der Waals surface area contributed by atoms with E-state index in [4.69, 9.17) is 21.4 Å². The van der Waals surface area contributed by atoms with Crippen LogP contribution in [0.15, 0.2) is 12.1 Å². The second kappa shape index (κ2) is 5.04. The molecule has 0 aliphatic heterocycles. The minimum Gasteiger partial charge on any atom is -0.495 e. The van der Waals surface area contributed by atoms with Crippen LogP contribution in [-0.4, -0.2) is 18.2 Å². The van der Waals surface area contributed by atoms with Crippen LogP contribution in [0.5, 0.6) is 5.75 Å². The number of carbonyl (C=O) groups is 1. The largest absolute Gasteiger partial charge is 0.495 e. The van der Waals surface area contributed by atoms with Crippen molar-refractivity contribution >= 4 is 17.6 Å². The summed E-state index contributed by atoms with van der Waals surface area (Å²) in [5, 5.41) is 9.65. The van der Waals surface area contributed by atoms with Crippen molar-refractivity contribution in [2.75, 3.05) is 7.11 Å². The van der Waals surface area contributed by atoms with E-state index in [0.29, 0.717) is 16.7 Å². The van der Waals surface area contributed by atoms with E-state index in [2.05, 4.69) is 13.8 Å². The van der Waals surface area contributed by atoms with Gasteiger partial charge in [-0.2, -0.15) is 0 Å². The Kier molecular flexibility index (Phi) is 3.77. The maximum atomic E-state index is 11.1. The van der Waals surface area contributed by atoms with Crippen molar-refractivity contribution in [3.05, 3.63) is 28.3 Å². The molecule has 1 aliphatic carbocycles. The molecule has 104 valence electrons. The van der Waals surface area contributed by atoms with E-state index in [9.17, 15) is 4.79 Å². The highest BCUT2D eigenvalue weighted by Gasteiger charge is 2.47. The number of halogens is 1. The Bertz CT molecular complexity index is 504. The third-order valence-electron chi connectivity index (χ3n) is 3.86. The van der Waals surface area contributed by atoms with Crippen LogP contribution >= 0.6 is 11.6 Å². The lowest BCUT2D eigenvalue weighted by Crippen LogP contribution is -2.16. The summed E-state index contributed by atoms with van der Waals surface area (Å²) in [5.74, 6) is 0.215. The van der Waals surface area contributed by atoms with E-state index >= 15 is 0 Å². The molecule has 1 aromatic rings. The molecule has 0 spiro atoms. The van der Waals surface area contributed by atoms with E-state index in [1.807, 2.05) is 12.1 Å². The third kappa shape index (κ3) is 2.71. The quantitative estimate of drug-likeness (QED) is 0.888. The topological polar surface area (TPSA) is 46.5 Å². The molecule has 4 heteroatoms. The summed E-state index contributed by atoms with van der Waals surface area (Å²) in [6, 6.07) is 3.84. The minimum atomic E-state index is -0.751. The van der Waals surface area contributed by atoms with Crippen LogP contribution in [0.4, 0.5) is 0 Å². The Hall–Kier alpha value is -1.22. The summed E-state index contributed by atoms with van der Waals surface area (Å²) in [4.78, 5) is 11.1. The Morgan fingerprint density at radius 1 is 1.47 bits per heavy atom. The molecular formula is C15H19ClO3. The first-order valence-corrected chi connectivity index (χ1v) is 6.87. The SMILES string of the molecule is COc1cc(C(C)C)c(C2(CC(=O)O)CC2)cc1Cl. The maximum absolute atomic E-state index is 11.1. The molecule has 0 amide bonds. The third-order valence-corrected chi connectivity index (χ3v) is 4.16. The normalized spacial score (nSPS) is 16.5. The fraction of sp³-hybridized carbons (Fsp3) is 0.533. The lowest BCUT2D eigenvalue weighted by atomic mass is 9.84. The summed E-state index contributed by atoms with van der Waals surface area (Å²) >= 11 is 6.20. The van der Waals surface area contributed by atoms with Crippen LogP contribution in [0.3, 0.4) is 0 Å². The van der Waals surface area contributed by atoms with Gasteiger partial charge in [-0.1, -0.05) is 25.4 Å². The zero-order chi connectivity index (χ0) is 14.2. The second-order valence-electron chi connectivity index (χ2n) is 5.58. The maximum Gasteiger partial charge on any atom is 0.304 e. The molecule has 0 atom stereocenters. The van der Waals surface area contributed by atoms with Gasteiger partial charge in [0.15, 0.2) is 0 Å². The van der Waals surface area contributed by atoms with Crippen LogP contribution in [-0.2, 0) is 10.2 Å². The molecule has 0 aromatic heterocycles. The molecular weight excluding hydrogens is 264 g/mol. The van der Waals surface area contributed by atoms with Crippen LogP contribution in [0.1, 0.15) is 50.2 Å². The number of hydrogen-bond donors (Lipinski definition) is 1. The van der Waals surface area contributed by atoms with Crippen molar-refractivity contribution in [3.63, 3.8) is 0 Å². The first kappa shape index (κ1) is 14.2. The fourth-order valence-electron chi connectivity index (χ4n) is 2.64. The van der Waals surface area contributed by atoms with E-state index in [-0.39, 0.29) is 11.8 Å².